The fourth-order valence-electron chi connectivity index (χ4n) is 1.33. The third-order valence-electron chi connectivity index (χ3n) is 2.35. The Balaban J connectivity index is 2.22. The van der Waals surface area contributed by atoms with E-state index in [1.54, 1.807) is 6.07 Å². The molecule has 0 aliphatic carbocycles. The Kier molecular flexibility index (Phi) is 5.96. The Morgan fingerprint density at radius 1 is 1.35 bits per heavy atom. The molecule has 1 heterocycles. The largest absolute Gasteiger partial charge is 0.361 e. The summed E-state index contributed by atoms with van der Waals surface area (Å²) in [4.78, 5) is 11.4. The number of carbonyl (C=O) groups excluding carboxylic acids is 1. The van der Waals surface area contributed by atoms with Crippen molar-refractivity contribution in [2.24, 2.45) is 0 Å². The highest BCUT2D eigenvalue weighted by Crippen LogP contribution is 2.14. The van der Waals surface area contributed by atoms with E-state index >= 15 is 0 Å². The number of hydrogen-bond acceptors (Lipinski definition) is 5. The molecule has 20 heavy (non-hydrogen) atoms. The quantitative estimate of drug-likeness (QED) is 0.620. The molecule has 0 atom stereocenters. The summed E-state index contributed by atoms with van der Waals surface area (Å²) >= 11 is 0. The molecule has 0 fully saturated rings. The number of nitrogens with zero attached hydrogens (tertiary/aromatic N) is 1. The average molecular weight is 304 g/mol. The number of hydrogen-bond donors (Lipinski definition) is 3. The Labute approximate surface area is 118 Å². The van der Waals surface area contributed by atoms with E-state index in [2.05, 4.69) is 20.5 Å². The molecule has 1 aromatic heterocycles. The number of sulfonamides is 1. The lowest BCUT2D eigenvalue weighted by atomic mass is 10.1. The van der Waals surface area contributed by atoms with E-state index in [1.165, 1.54) is 0 Å². The van der Waals surface area contributed by atoms with Crippen LogP contribution in [-0.4, -0.2) is 39.0 Å². The van der Waals surface area contributed by atoms with Crippen molar-refractivity contribution in [2.45, 2.75) is 26.3 Å². The Bertz CT molecular complexity index is 538. The highest BCUT2D eigenvalue weighted by Gasteiger charge is 2.08. The molecule has 2 amide bonds. The van der Waals surface area contributed by atoms with Gasteiger partial charge in [0.2, 0.25) is 10.0 Å². The first-order chi connectivity index (χ1) is 9.28. The summed E-state index contributed by atoms with van der Waals surface area (Å²) < 4.78 is 28.9. The van der Waals surface area contributed by atoms with Crippen LogP contribution in [0.25, 0.3) is 0 Å². The summed E-state index contributed by atoms with van der Waals surface area (Å²) in [6.45, 7) is 4.57. The van der Waals surface area contributed by atoms with Gasteiger partial charge in [0.05, 0.1) is 12.8 Å². The third kappa shape index (κ3) is 6.53. The van der Waals surface area contributed by atoms with Gasteiger partial charge in [-0.1, -0.05) is 19.0 Å². The molecule has 0 bridgehead atoms. The second kappa shape index (κ2) is 7.25. The average Bonchev–Trinajstić information content (AvgIpc) is 2.80. The van der Waals surface area contributed by atoms with Crippen LogP contribution in [0.4, 0.5) is 4.79 Å². The fourth-order valence-corrected chi connectivity index (χ4v) is 1.80. The topological polar surface area (TPSA) is 113 Å². The van der Waals surface area contributed by atoms with Crippen LogP contribution in [-0.2, 0) is 16.6 Å². The van der Waals surface area contributed by atoms with Crippen molar-refractivity contribution in [3.8, 4) is 0 Å². The highest BCUT2D eigenvalue weighted by atomic mass is 32.2. The lowest BCUT2D eigenvalue weighted by molar-refractivity contribution is 0.240. The zero-order chi connectivity index (χ0) is 15.2. The highest BCUT2D eigenvalue weighted by molar-refractivity contribution is 7.88. The van der Waals surface area contributed by atoms with Crippen LogP contribution in [0.2, 0.25) is 0 Å². The van der Waals surface area contributed by atoms with Crippen molar-refractivity contribution < 1.29 is 17.7 Å². The van der Waals surface area contributed by atoms with Gasteiger partial charge in [0.25, 0.3) is 0 Å². The van der Waals surface area contributed by atoms with Crippen LogP contribution >= 0.6 is 0 Å². The molecule has 0 saturated heterocycles. The molecule has 114 valence electrons. The molecule has 0 spiro atoms. The Hall–Kier alpha value is -1.61. The van der Waals surface area contributed by atoms with Crippen LogP contribution in [0.3, 0.4) is 0 Å². The Morgan fingerprint density at radius 2 is 2.05 bits per heavy atom. The van der Waals surface area contributed by atoms with E-state index in [4.69, 9.17) is 4.52 Å². The molecule has 0 unspecified atom stereocenters. The van der Waals surface area contributed by atoms with Gasteiger partial charge in [-0.05, 0) is 0 Å². The van der Waals surface area contributed by atoms with Gasteiger partial charge in [-0.15, -0.1) is 0 Å². The second-order valence-corrected chi connectivity index (χ2v) is 6.48. The number of amides is 2. The van der Waals surface area contributed by atoms with Crippen LogP contribution in [0.15, 0.2) is 10.6 Å². The van der Waals surface area contributed by atoms with E-state index in [-0.39, 0.29) is 25.6 Å². The maximum Gasteiger partial charge on any atom is 0.315 e. The molecule has 0 saturated carbocycles. The van der Waals surface area contributed by atoms with Gasteiger partial charge in [-0.2, -0.15) is 0 Å². The first-order valence-electron chi connectivity index (χ1n) is 6.20. The van der Waals surface area contributed by atoms with E-state index in [0.717, 1.165) is 12.0 Å². The summed E-state index contributed by atoms with van der Waals surface area (Å²) in [6, 6.07) is 1.39. The molecule has 9 heteroatoms. The van der Waals surface area contributed by atoms with Gasteiger partial charge in [0.1, 0.15) is 11.5 Å². The molecular formula is C11H20N4O4S. The number of rotatable bonds is 7. The maximum absolute atomic E-state index is 11.4. The maximum atomic E-state index is 11.4. The normalized spacial score (nSPS) is 11.6. The van der Waals surface area contributed by atoms with Gasteiger partial charge >= 0.3 is 6.03 Å². The lowest BCUT2D eigenvalue weighted by Crippen LogP contribution is -2.39. The summed E-state index contributed by atoms with van der Waals surface area (Å²) in [5, 5.41) is 8.95. The third-order valence-corrected chi connectivity index (χ3v) is 3.08. The van der Waals surface area contributed by atoms with Gasteiger partial charge in [0.15, 0.2) is 0 Å². The molecule has 0 aliphatic rings. The van der Waals surface area contributed by atoms with Gasteiger partial charge in [0, 0.05) is 25.1 Å². The van der Waals surface area contributed by atoms with Crippen molar-refractivity contribution in [1.82, 2.24) is 20.5 Å². The molecular weight excluding hydrogens is 284 g/mol. The van der Waals surface area contributed by atoms with Gasteiger partial charge in [-0.25, -0.2) is 17.9 Å². The van der Waals surface area contributed by atoms with Crippen molar-refractivity contribution in [3.63, 3.8) is 0 Å². The van der Waals surface area contributed by atoms with E-state index < -0.39 is 16.1 Å². The first kappa shape index (κ1) is 16.4. The zero-order valence-electron chi connectivity index (χ0n) is 11.8. The summed E-state index contributed by atoms with van der Waals surface area (Å²) in [5.41, 5.74) is 0.637. The predicted octanol–water partition coefficient (Wildman–Crippen LogP) is 0.146. The number of aromatic nitrogens is 1. The monoisotopic (exact) mass is 304 g/mol. The summed E-state index contributed by atoms with van der Waals surface area (Å²) in [5.74, 6) is 1.01. The summed E-state index contributed by atoms with van der Waals surface area (Å²) in [7, 11) is -3.23. The minimum absolute atomic E-state index is 0.147. The van der Waals surface area contributed by atoms with Crippen molar-refractivity contribution >= 4 is 16.1 Å². The molecule has 0 radical (unpaired) electrons. The Morgan fingerprint density at radius 3 is 2.60 bits per heavy atom. The smallest absolute Gasteiger partial charge is 0.315 e. The molecule has 3 N–H and O–H groups in total. The molecule has 1 rings (SSSR count). The molecule has 1 aromatic rings. The first-order valence-corrected chi connectivity index (χ1v) is 8.09. The van der Waals surface area contributed by atoms with E-state index in [0.29, 0.717) is 5.69 Å². The standard InChI is InChI=1S/C11H20N4O4S/c1-8(2)10-6-9(15-19-10)7-13-11(16)12-4-5-14-20(3,17)18/h6,8,14H,4-5,7H2,1-3H3,(H2,12,13,16). The second-order valence-electron chi connectivity index (χ2n) is 4.65. The van der Waals surface area contributed by atoms with Crippen molar-refractivity contribution in [3.05, 3.63) is 17.5 Å². The number of nitrogens with one attached hydrogen (secondary N) is 3. The van der Waals surface area contributed by atoms with Crippen LogP contribution < -0.4 is 15.4 Å². The van der Waals surface area contributed by atoms with E-state index in [1.807, 2.05) is 13.8 Å². The van der Waals surface area contributed by atoms with Gasteiger partial charge < -0.3 is 15.2 Å². The molecule has 0 aromatic carbocycles. The van der Waals surface area contributed by atoms with Crippen LogP contribution in [0.1, 0.15) is 31.2 Å². The lowest BCUT2D eigenvalue weighted by Gasteiger charge is -2.06. The van der Waals surface area contributed by atoms with Crippen molar-refractivity contribution in [1.29, 1.82) is 0 Å². The van der Waals surface area contributed by atoms with Crippen molar-refractivity contribution in [2.75, 3.05) is 19.3 Å². The molecule has 0 aliphatic heterocycles. The van der Waals surface area contributed by atoms with Crippen LogP contribution in [0.5, 0.6) is 0 Å². The van der Waals surface area contributed by atoms with E-state index in [9.17, 15) is 13.2 Å². The summed E-state index contributed by atoms with van der Waals surface area (Å²) in [6.07, 6.45) is 1.06. The zero-order valence-corrected chi connectivity index (χ0v) is 12.6. The van der Waals surface area contributed by atoms with Gasteiger partial charge in [-0.3, -0.25) is 0 Å². The number of urea groups is 1. The fraction of sp³-hybridized carbons (Fsp3) is 0.636. The molecule has 8 nitrogen and oxygen atoms in total. The minimum Gasteiger partial charge on any atom is -0.361 e. The minimum atomic E-state index is -3.23. The number of carbonyl (C=O) groups is 1. The SMILES string of the molecule is CC(C)c1cc(CNC(=O)NCCNS(C)(=O)=O)no1. The van der Waals surface area contributed by atoms with Crippen LogP contribution in [0, 0.1) is 0 Å². The predicted molar refractivity (Wildman–Crippen MR) is 73.7 cm³/mol.